The van der Waals surface area contributed by atoms with Gasteiger partial charge in [0, 0.05) is 24.8 Å². The lowest BCUT2D eigenvalue weighted by Crippen LogP contribution is -2.26. The highest BCUT2D eigenvalue weighted by Crippen LogP contribution is 2.32. The average molecular weight is 353 g/mol. The molecule has 1 aromatic heterocycles. The van der Waals surface area contributed by atoms with Crippen molar-refractivity contribution in [3.8, 4) is 0 Å². The van der Waals surface area contributed by atoms with Gasteiger partial charge in [-0.25, -0.2) is 4.98 Å². The number of para-hydroxylation sites is 1. The highest BCUT2D eigenvalue weighted by atomic mass is 35.5. The second-order valence-electron chi connectivity index (χ2n) is 5.40. The number of nitrogens with one attached hydrogen (secondary N) is 1. The number of benzene rings is 1. The summed E-state index contributed by atoms with van der Waals surface area (Å²) in [6, 6.07) is 7.38. The molecule has 0 unspecified atom stereocenters. The van der Waals surface area contributed by atoms with Crippen molar-refractivity contribution >= 4 is 40.7 Å². The predicted molar refractivity (Wildman–Crippen MR) is 99.3 cm³/mol. The maximum Gasteiger partial charge on any atom is 0.229 e. The van der Waals surface area contributed by atoms with E-state index in [1.54, 1.807) is 12.1 Å². The number of hydrogen-bond acceptors (Lipinski definition) is 4. The number of halogens is 2. The minimum absolute atomic E-state index is 0.507. The lowest BCUT2D eigenvalue weighted by molar-refractivity contribution is 0.732. The summed E-state index contributed by atoms with van der Waals surface area (Å²) < 4.78 is 0. The van der Waals surface area contributed by atoms with Crippen molar-refractivity contribution in [1.29, 1.82) is 0 Å². The third-order valence-corrected chi connectivity index (χ3v) is 3.98. The molecular weight excluding hydrogens is 331 g/mol. The summed E-state index contributed by atoms with van der Waals surface area (Å²) in [4.78, 5) is 11.4. The zero-order chi connectivity index (χ0) is 16.8. The fourth-order valence-corrected chi connectivity index (χ4v) is 2.87. The topological polar surface area (TPSA) is 41.1 Å². The molecule has 0 aliphatic carbocycles. The fourth-order valence-electron chi connectivity index (χ4n) is 2.38. The first-order valence-corrected chi connectivity index (χ1v) is 8.62. The Bertz CT molecular complexity index is 635. The third kappa shape index (κ3) is 4.72. The summed E-state index contributed by atoms with van der Waals surface area (Å²) in [6.07, 6.45) is 2.14. The molecule has 4 nitrogen and oxygen atoms in total. The summed E-state index contributed by atoms with van der Waals surface area (Å²) in [5.74, 6) is 1.43. The fraction of sp³-hybridized carbons (Fsp3) is 0.412. The highest BCUT2D eigenvalue weighted by Gasteiger charge is 2.12. The number of rotatable bonds is 7. The molecule has 23 heavy (non-hydrogen) atoms. The van der Waals surface area contributed by atoms with E-state index in [4.69, 9.17) is 23.2 Å². The molecule has 0 fully saturated rings. The van der Waals surface area contributed by atoms with Crippen molar-refractivity contribution in [3.05, 3.63) is 40.0 Å². The van der Waals surface area contributed by atoms with Crippen LogP contribution in [0.1, 0.15) is 32.4 Å². The van der Waals surface area contributed by atoms with E-state index in [2.05, 4.69) is 34.0 Å². The second kappa shape index (κ2) is 8.37. The maximum atomic E-state index is 6.21. The first-order valence-electron chi connectivity index (χ1n) is 7.86. The molecule has 0 amide bonds. The SMILES string of the molecule is CCCN(CCC)c1cc(C)nc(Nc2c(Cl)cccc2Cl)n1. The molecule has 2 aromatic rings. The Balaban J connectivity index is 2.33. The van der Waals surface area contributed by atoms with Crippen LogP contribution in [0.5, 0.6) is 0 Å². The van der Waals surface area contributed by atoms with Crippen molar-refractivity contribution in [2.75, 3.05) is 23.3 Å². The van der Waals surface area contributed by atoms with E-state index < -0.39 is 0 Å². The van der Waals surface area contributed by atoms with Crippen LogP contribution in [0.25, 0.3) is 0 Å². The normalized spacial score (nSPS) is 10.7. The van der Waals surface area contributed by atoms with Crippen LogP contribution in [0.3, 0.4) is 0 Å². The van der Waals surface area contributed by atoms with Gasteiger partial charge in [0.1, 0.15) is 5.82 Å². The predicted octanol–water partition coefficient (Wildman–Crippen LogP) is 5.46. The molecule has 2 rings (SSSR count). The largest absolute Gasteiger partial charge is 0.356 e. The smallest absolute Gasteiger partial charge is 0.229 e. The molecule has 0 spiro atoms. The number of hydrogen-bond donors (Lipinski definition) is 1. The third-order valence-electron chi connectivity index (χ3n) is 3.35. The van der Waals surface area contributed by atoms with E-state index in [0.29, 0.717) is 21.7 Å². The van der Waals surface area contributed by atoms with E-state index in [0.717, 1.165) is 37.4 Å². The average Bonchev–Trinajstić information content (AvgIpc) is 2.50. The number of anilines is 3. The Morgan fingerprint density at radius 2 is 1.65 bits per heavy atom. The maximum absolute atomic E-state index is 6.21. The summed E-state index contributed by atoms with van der Waals surface area (Å²) in [5, 5.41) is 4.24. The van der Waals surface area contributed by atoms with Crippen LogP contribution < -0.4 is 10.2 Å². The van der Waals surface area contributed by atoms with Gasteiger partial charge in [0.05, 0.1) is 15.7 Å². The minimum Gasteiger partial charge on any atom is -0.356 e. The Morgan fingerprint density at radius 1 is 1.04 bits per heavy atom. The summed E-state index contributed by atoms with van der Waals surface area (Å²) >= 11 is 12.4. The van der Waals surface area contributed by atoms with Gasteiger partial charge in [-0.3, -0.25) is 0 Å². The molecule has 0 saturated heterocycles. The number of nitrogens with zero attached hydrogens (tertiary/aromatic N) is 3. The van der Waals surface area contributed by atoms with E-state index in [9.17, 15) is 0 Å². The summed E-state index contributed by atoms with van der Waals surface area (Å²) in [7, 11) is 0. The molecule has 0 atom stereocenters. The number of aromatic nitrogens is 2. The van der Waals surface area contributed by atoms with Gasteiger partial charge in [0.2, 0.25) is 5.95 Å². The van der Waals surface area contributed by atoms with Gasteiger partial charge < -0.3 is 10.2 Å². The molecule has 0 radical (unpaired) electrons. The lowest BCUT2D eigenvalue weighted by Gasteiger charge is -2.23. The molecule has 0 bridgehead atoms. The monoisotopic (exact) mass is 352 g/mol. The quantitative estimate of drug-likeness (QED) is 0.717. The van der Waals surface area contributed by atoms with Crippen molar-refractivity contribution in [2.24, 2.45) is 0 Å². The van der Waals surface area contributed by atoms with E-state index in [-0.39, 0.29) is 0 Å². The van der Waals surface area contributed by atoms with Crippen LogP contribution in [0, 0.1) is 6.92 Å². The van der Waals surface area contributed by atoms with Crippen LogP contribution in [-0.2, 0) is 0 Å². The second-order valence-corrected chi connectivity index (χ2v) is 6.21. The van der Waals surface area contributed by atoms with Crippen LogP contribution >= 0.6 is 23.2 Å². The Labute approximate surface area is 147 Å². The first kappa shape index (κ1) is 17.8. The minimum atomic E-state index is 0.507. The molecular formula is C17H22Cl2N4. The molecule has 124 valence electrons. The zero-order valence-electron chi connectivity index (χ0n) is 13.7. The van der Waals surface area contributed by atoms with Gasteiger partial charge in [0.25, 0.3) is 0 Å². The van der Waals surface area contributed by atoms with Gasteiger partial charge in [0.15, 0.2) is 0 Å². The van der Waals surface area contributed by atoms with Gasteiger partial charge in [-0.2, -0.15) is 4.98 Å². The molecule has 1 N–H and O–H groups in total. The van der Waals surface area contributed by atoms with Crippen LogP contribution in [0.2, 0.25) is 10.0 Å². The molecule has 0 aliphatic rings. The molecule has 0 aliphatic heterocycles. The van der Waals surface area contributed by atoms with E-state index >= 15 is 0 Å². The lowest BCUT2D eigenvalue weighted by atomic mass is 10.3. The highest BCUT2D eigenvalue weighted by molar-refractivity contribution is 6.39. The van der Waals surface area contributed by atoms with Gasteiger partial charge >= 0.3 is 0 Å². The Hall–Kier alpha value is -1.52. The van der Waals surface area contributed by atoms with Crippen molar-refractivity contribution < 1.29 is 0 Å². The van der Waals surface area contributed by atoms with Gasteiger partial charge in [-0.1, -0.05) is 43.1 Å². The molecule has 6 heteroatoms. The van der Waals surface area contributed by atoms with Crippen molar-refractivity contribution in [2.45, 2.75) is 33.6 Å². The number of aryl methyl sites for hydroxylation is 1. The van der Waals surface area contributed by atoms with Gasteiger partial charge in [-0.15, -0.1) is 0 Å². The summed E-state index contributed by atoms with van der Waals surface area (Å²) in [6.45, 7) is 8.23. The van der Waals surface area contributed by atoms with E-state index in [1.807, 2.05) is 19.1 Å². The van der Waals surface area contributed by atoms with Crippen LogP contribution in [-0.4, -0.2) is 23.1 Å². The van der Waals surface area contributed by atoms with Crippen molar-refractivity contribution in [3.63, 3.8) is 0 Å². The molecule has 0 saturated carbocycles. The summed E-state index contributed by atoms with van der Waals surface area (Å²) in [5.41, 5.74) is 1.53. The van der Waals surface area contributed by atoms with Gasteiger partial charge in [-0.05, 0) is 31.9 Å². The Morgan fingerprint density at radius 3 is 2.22 bits per heavy atom. The van der Waals surface area contributed by atoms with Crippen molar-refractivity contribution in [1.82, 2.24) is 9.97 Å². The zero-order valence-corrected chi connectivity index (χ0v) is 15.2. The van der Waals surface area contributed by atoms with Crippen LogP contribution in [0.4, 0.5) is 17.5 Å². The molecule has 1 heterocycles. The van der Waals surface area contributed by atoms with E-state index in [1.165, 1.54) is 0 Å². The standard InChI is InChI=1S/C17H22Cl2N4/c1-4-9-23(10-5-2)15-11-12(3)20-17(21-15)22-16-13(18)7-6-8-14(16)19/h6-8,11H,4-5,9-10H2,1-3H3,(H,20,21,22). The Kier molecular flexibility index (Phi) is 6.48. The first-order chi connectivity index (χ1) is 11.0. The van der Waals surface area contributed by atoms with Crippen LogP contribution in [0.15, 0.2) is 24.3 Å². The molecule has 1 aromatic carbocycles.